The second kappa shape index (κ2) is 10.1. The fourth-order valence-electron chi connectivity index (χ4n) is 1.96. The lowest BCUT2D eigenvalue weighted by molar-refractivity contribution is -0.153. The van der Waals surface area contributed by atoms with Gasteiger partial charge in [-0.25, -0.2) is 0 Å². The molecule has 0 aliphatic heterocycles. The second-order valence-corrected chi connectivity index (χ2v) is 7.44. The van der Waals surface area contributed by atoms with Gasteiger partial charge in [0.2, 0.25) is 0 Å². The van der Waals surface area contributed by atoms with Crippen LogP contribution in [0, 0.1) is 5.92 Å². The largest absolute Gasteiger partial charge is 0.462 e. The molecule has 0 N–H and O–H groups in total. The first-order chi connectivity index (χ1) is 11.6. The third-order valence-electron chi connectivity index (χ3n) is 3.35. The van der Waals surface area contributed by atoms with Crippen LogP contribution in [0.4, 0.5) is 0 Å². The van der Waals surface area contributed by atoms with E-state index in [4.69, 9.17) is 67.5 Å². The summed E-state index contributed by atoms with van der Waals surface area (Å²) >= 11 is 29.6. The highest BCUT2D eigenvalue weighted by Crippen LogP contribution is 2.48. The van der Waals surface area contributed by atoms with E-state index in [-0.39, 0.29) is 55.7 Å². The number of carbonyl (C=O) groups is 2. The molecule has 0 radical (unpaired) electrons. The number of esters is 2. The molecule has 0 heterocycles. The maximum atomic E-state index is 12.0. The first-order valence-corrected chi connectivity index (χ1v) is 9.40. The van der Waals surface area contributed by atoms with Crippen molar-refractivity contribution in [3.63, 3.8) is 0 Å². The molecule has 0 amide bonds. The molecule has 0 aliphatic carbocycles. The van der Waals surface area contributed by atoms with E-state index in [1.807, 2.05) is 20.8 Å². The summed E-state index contributed by atoms with van der Waals surface area (Å²) in [4.78, 5) is 23.8. The molecule has 0 saturated carbocycles. The monoisotopic (exact) mass is 448 g/mol. The van der Waals surface area contributed by atoms with E-state index in [1.54, 1.807) is 0 Å². The Balaban J connectivity index is 2.71. The zero-order valence-corrected chi connectivity index (χ0v) is 17.6. The number of halogens is 5. The molecule has 0 saturated heterocycles. The van der Waals surface area contributed by atoms with Gasteiger partial charge in [0, 0.05) is 0 Å². The van der Waals surface area contributed by atoms with Crippen molar-refractivity contribution in [2.24, 2.45) is 5.92 Å². The summed E-state index contributed by atoms with van der Waals surface area (Å²) in [5.41, 5.74) is 0. The highest BCUT2D eigenvalue weighted by atomic mass is 35.5. The normalized spacial score (nSPS) is 12.2. The van der Waals surface area contributed by atoms with Crippen molar-refractivity contribution in [2.45, 2.75) is 46.1 Å². The van der Waals surface area contributed by atoms with E-state index in [2.05, 4.69) is 0 Å². The minimum atomic E-state index is -0.729. The zero-order valence-electron chi connectivity index (χ0n) is 13.8. The van der Waals surface area contributed by atoms with E-state index < -0.39 is 11.9 Å². The van der Waals surface area contributed by atoms with Crippen LogP contribution in [0.25, 0.3) is 0 Å². The molecular weight excluding hydrogens is 433 g/mol. The number of benzene rings is 1. The average molecular weight is 451 g/mol. The molecule has 0 fully saturated rings. The smallest absolute Gasteiger partial charge is 0.311 e. The van der Waals surface area contributed by atoms with Gasteiger partial charge in [-0.3, -0.25) is 9.59 Å². The molecule has 1 unspecified atom stereocenters. The van der Waals surface area contributed by atoms with Crippen LogP contribution in [0.2, 0.25) is 25.1 Å². The molecule has 1 atom stereocenters. The SMILES string of the molecule is CCC(OC(=O)CCC(=O)Oc1c(Cl)c(Cl)c(Cl)c(Cl)c1Cl)C(C)C. The van der Waals surface area contributed by atoms with Crippen molar-refractivity contribution in [3.05, 3.63) is 25.1 Å². The summed E-state index contributed by atoms with van der Waals surface area (Å²) in [5, 5.41) is -0.475. The third kappa shape index (κ3) is 6.07. The van der Waals surface area contributed by atoms with Crippen LogP contribution in [0.1, 0.15) is 40.0 Å². The molecule has 1 rings (SSSR count). The highest BCUT2D eigenvalue weighted by molar-refractivity contribution is 6.55. The maximum absolute atomic E-state index is 12.0. The number of ether oxygens (including phenoxy) is 2. The van der Waals surface area contributed by atoms with Crippen molar-refractivity contribution in [1.29, 1.82) is 0 Å². The average Bonchev–Trinajstić information content (AvgIpc) is 2.57. The molecule has 25 heavy (non-hydrogen) atoms. The van der Waals surface area contributed by atoms with Crippen molar-refractivity contribution in [3.8, 4) is 5.75 Å². The van der Waals surface area contributed by atoms with Crippen molar-refractivity contribution >= 4 is 69.9 Å². The predicted octanol–water partition coefficient (Wildman–Crippen LogP) is 6.62. The van der Waals surface area contributed by atoms with Crippen LogP contribution < -0.4 is 4.74 Å². The van der Waals surface area contributed by atoms with Gasteiger partial charge in [0.1, 0.15) is 16.1 Å². The van der Waals surface area contributed by atoms with Gasteiger partial charge in [-0.05, 0) is 12.3 Å². The van der Waals surface area contributed by atoms with Gasteiger partial charge in [0.15, 0.2) is 5.75 Å². The Morgan fingerprint density at radius 3 is 1.72 bits per heavy atom. The minimum Gasteiger partial charge on any atom is -0.462 e. The molecule has 0 spiro atoms. The van der Waals surface area contributed by atoms with Gasteiger partial charge in [-0.2, -0.15) is 0 Å². The first-order valence-electron chi connectivity index (χ1n) is 7.51. The van der Waals surface area contributed by atoms with E-state index >= 15 is 0 Å². The van der Waals surface area contributed by atoms with Gasteiger partial charge in [0.05, 0.1) is 27.9 Å². The number of hydrogen-bond acceptors (Lipinski definition) is 4. The van der Waals surface area contributed by atoms with Crippen LogP contribution in [0.15, 0.2) is 0 Å². The number of rotatable bonds is 7. The van der Waals surface area contributed by atoms with Gasteiger partial charge in [0.25, 0.3) is 0 Å². The standard InChI is InChI=1S/C16H17Cl5O4/c1-4-8(7(2)3)24-9(22)5-6-10(23)25-16-14(20)12(18)11(17)13(19)15(16)21/h7-8H,4-6H2,1-3H3. The lowest BCUT2D eigenvalue weighted by atomic mass is 10.1. The molecular formula is C16H17Cl5O4. The summed E-state index contributed by atoms with van der Waals surface area (Å²) in [6, 6.07) is 0. The van der Waals surface area contributed by atoms with E-state index in [0.717, 1.165) is 0 Å². The first kappa shape index (κ1) is 22.7. The van der Waals surface area contributed by atoms with Crippen LogP contribution in [0.5, 0.6) is 5.75 Å². The van der Waals surface area contributed by atoms with Crippen molar-refractivity contribution < 1.29 is 19.1 Å². The lowest BCUT2D eigenvalue weighted by Crippen LogP contribution is -2.23. The minimum absolute atomic E-state index is 0.0407. The Morgan fingerprint density at radius 2 is 1.28 bits per heavy atom. The summed E-state index contributed by atoms with van der Waals surface area (Å²) in [5.74, 6) is -1.22. The van der Waals surface area contributed by atoms with Crippen LogP contribution in [-0.2, 0) is 14.3 Å². The number of carbonyl (C=O) groups excluding carboxylic acids is 2. The maximum Gasteiger partial charge on any atom is 0.311 e. The predicted molar refractivity (Wildman–Crippen MR) is 101 cm³/mol. The number of hydrogen-bond donors (Lipinski definition) is 0. The topological polar surface area (TPSA) is 52.6 Å². The third-order valence-corrected chi connectivity index (χ3v) is 5.59. The molecule has 0 aromatic heterocycles. The van der Waals surface area contributed by atoms with Crippen LogP contribution >= 0.6 is 58.0 Å². The Hall–Kier alpha value is -0.390. The molecule has 0 aliphatic rings. The Morgan fingerprint density at radius 1 is 0.840 bits per heavy atom. The second-order valence-electron chi connectivity index (χ2n) is 5.55. The van der Waals surface area contributed by atoms with Crippen LogP contribution in [0.3, 0.4) is 0 Å². The fourth-order valence-corrected chi connectivity index (χ4v) is 3.16. The molecule has 9 heteroatoms. The Labute approximate surface area is 171 Å². The van der Waals surface area contributed by atoms with Gasteiger partial charge < -0.3 is 9.47 Å². The summed E-state index contributed by atoms with van der Waals surface area (Å²) in [7, 11) is 0. The van der Waals surface area contributed by atoms with Crippen molar-refractivity contribution in [2.75, 3.05) is 0 Å². The fraction of sp³-hybridized carbons (Fsp3) is 0.500. The van der Waals surface area contributed by atoms with E-state index in [0.29, 0.717) is 6.42 Å². The summed E-state index contributed by atoms with van der Waals surface area (Å²) in [6.07, 6.45) is 0.159. The van der Waals surface area contributed by atoms with Gasteiger partial charge in [-0.15, -0.1) is 0 Å². The van der Waals surface area contributed by atoms with Gasteiger partial charge >= 0.3 is 11.9 Å². The van der Waals surface area contributed by atoms with E-state index in [9.17, 15) is 9.59 Å². The zero-order chi connectivity index (χ0) is 19.3. The molecule has 4 nitrogen and oxygen atoms in total. The quantitative estimate of drug-likeness (QED) is 0.203. The van der Waals surface area contributed by atoms with E-state index in [1.165, 1.54) is 0 Å². The summed E-state index contributed by atoms with van der Waals surface area (Å²) in [6.45, 7) is 5.83. The molecule has 1 aromatic carbocycles. The van der Waals surface area contributed by atoms with Gasteiger partial charge in [-0.1, -0.05) is 78.8 Å². The molecule has 140 valence electrons. The Bertz CT molecular complexity index is 631. The van der Waals surface area contributed by atoms with Crippen molar-refractivity contribution in [1.82, 2.24) is 0 Å². The highest BCUT2D eigenvalue weighted by Gasteiger charge is 2.23. The molecule has 0 bridgehead atoms. The summed E-state index contributed by atoms with van der Waals surface area (Å²) < 4.78 is 10.4. The molecule has 1 aromatic rings. The Kier molecular flexibility index (Phi) is 9.13. The van der Waals surface area contributed by atoms with Crippen LogP contribution in [-0.4, -0.2) is 18.0 Å². The lowest BCUT2D eigenvalue weighted by Gasteiger charge is -2.19.